The Labute approximate surface area is 143 Å². The molecule has 1 aromatic carbocycles. The number of halogens is 1. The molecule has 0 N–H and O–H groups in total. The van der Waals surface area contributed by atoms with E-state index < -0.39 is 5.60 Å². The number of benzene rings is 1. The van der Waals surface area contributed by atoms with E-state index in [4.69, 9.17) is 21.1 Å². The first-order valence-corrected chi connectivity index (χ1v) is 8.63. The largest absolute Gasteiger partial charge is 0.466 e. The Bertz CT molecular complexity index is 733. The van der Waals surface area contributed by atoms with E-state index in [9.17, 15) is 4.79 Å². The highest BCUT2D eigenvalue weighted by Crippen LogP contribution is 2.41. The van der Waals surface area contributed by atoms with Gasteiger partial charge in [-0.25, -0.2) is 9.78 Å². The van der Waals surface area contributed by atoms with Gasteiger partial charge in [0.15, 0.2) is 5.16 Å². The number of carbonyl (C=O) groups is 1. The molecule has 5 nitrogen and oxygen atoms in total. The Kier molecular flexibility index (Phi) is 4.46. The van der Waals surface area contributed by atoms with Gasteiger partial charge in [-0.1, -0.05) is 35.5 Å². The van der Waals surface area contributed by atoms with Gasteiger partial charge in [0.2, 0.25) is 11.5 Å². The molecule has 23 heavy (non-hydrogen) atoms. The molecule has 0 aliphatic heterocycles. The summed E-state index contributed by atoms with van der Waals surface area (Å²) in [4.78, 5) is 20.6. The van der Waals surface area contributed by atoms with Crippen molar-refractivity contribution >= 4 is 29.3 Å². The van der Waals surface area contributed by atoms with Gasteiger partial charge in [0.05, 0.1) is 12.8 Å². The number of aromatic nitrogens is 2. The van der Waals surface area contributed by atoms with E-state index >= 15 is 0 Å². The predicted octanol–water partition coefficient (Wildman–Crippen LogP) is 3.60. The third kappa shape index (κ3) is 3.43. The molecule has 0 bridgehead atoms. The molecule has 0 amide bonds. The Morgan fingerprint density at radius 2 is 1.96 bits per heavy atom. The van der Waals surface area contributed by atoms with Gasteiger partial charge in [0.1, 0.15) is 0 Å². The lowest BCUT2D eigenvalue weighted by Crippen LogP contribution is -2.31. The predicted molar refractivity (Wildman–Crippen MR) is 88.9 cm³/mol. The zero-order valence-electron chi connectivity index (χ0n) is 12.7. The van der Waals surface area contributed by atoms with E-state index in [0.29, 0.717) is 28.9 Å². The number of methoxy groups -OCH3 is 1. The summed E-state index contributed by atoms with van der Waals surface area (Å²) >= 11 is 7.33. The molecule has 1 saturated carbocycles. The lowest BCUT2D eigenvalue weighted by molar-refractivity contribution is -0.151. The third-order valence-electron chi connectivity index (χ3n) is 3.57. The van der Waals surface area contributed by atoms with Crippen molar-refractivity contribution in [2.45, 2.75) is 23.6 Å². The van der Waals surface area contributed by atoms with Crippen LogP contribution in [-0.2, 0) is 9.53 Å². The van der Waals surface area contributed by atoms with E-state index in [2.05, 4.69) is 9.97 Å². The van der Waals surface area contributed by atoms with E-state index in [1.165, 1.54) is 18.9 Å². The number of ether oxygens (including phenoxy) is 2. The Morgan fingerprint density at radius 1 is 1.26 bits per heavy atom. The molecule has 1 heterocycles. The van der Waals surface area contributed by atoms with Crippen LogP contribution in [0.15, 0.2) is 35.5 Å². The highest BCUT2D eigenvalue weighted by atomic mass is 35.5. The van der Waals surface area contributed by atoms with Gasteiger partial charge >= 0.3 is 5.97 Å². The first-order valence-electron chi connectivity index (χ1n) is 7.03. The lowest BCUT2D eigenvalue weighted by atomic mass is 10.1. The molecule has 3 rings (SSSR count). The maximum Gasteiger partial charge on any atom is 0.350 e. The van der Waals surface area contributed by atoms with Gasteiger partial charge in [0.25, 0.3) is 0 Å². The van der Waals surface area contributed by atoms with Crippen LogP contribution >= 0.6 is 23.4 Å². The Morgan fingerprint density at radius 3 is 2.52 bits per heavy atom. The summed E-state index contributed by atoms with van der Waals surface area (Å²) in [5, 5.41) is 1.24. The molecule has 2 aromatic rings. The van der Waals surface area contributed by atoms with Gasteiger partial charge in [-0.05, 0) is 18.4 Å². The number of carbonyl (C=O) groups excluding carboxylic acids is 1. The van der Waals surface area contributed by atoms with E-state index in [0.717, 1.165) is 11.3 Å². The highest BCUT2D eigenvalue weighted by molar-refractivity contribution is 7.98. The van der Waals surface area contributed by atoms with Crippen molar-refractivity contribution in [1.29, 1.82) is 0 Å². The molecule has 0 atom stereocenters. The molecule has 1 aromatic heterocycles. The van der Waals surface area contributed by atoms with Gasteiger partial charge in [0, 0.05) is 29.5 Å². The van der Waals surface area contributed by atoms with Crippen molar-refractivity contribution in [1.82, 2.24) is 9.97 Å². The quantitative estimate of drug-likeness (QED) is 0.466. The average Bonchev–Trinajstić information content (AvgIpc) is 3.35. The molecular weight excluding hydrogens is 336 g/mol. The van der Waals surface area contributed by atoms with Gasteiger partial charge < -0.3 is 9.47 Å². The second kappa shape index (κ2) is 6.37. The second-order valence-corrected chi connectivity index (χ2v) is 6.38. The van der Waals surface area contributed by atoms with Crippen LogP contribution in [0.25, 0.3) is 11.3 Å². The zero-order valence-corrected chi connectivity index (χ0v) is 14.3. The van der Waals surface area contributed by atoms with E-state index in [-0.39, 0.29) is 5.97 Å². The molecule has 0 spiro atoms. The maximum atomic E-state index is 11.8. The lowest BCUT2D eigenvalue weighted by Gasteiger charge is -2.15. The van der Waals surface area contributed by atoms with Crippen LogP contribution in [0.3, 0.4) is 0 Å². The molecule has 1 fully saturated rings. The summed E-state index contributed by atoms with van der Waals surface area (Å²) in [6, 6.07) is 9.09. The van der Waals surface area contributed by atoms with Crippen molar-refractivity contribution in [3.05, 3.63) is 35.4 Å². The second-order valence-electron chi connectivity index (χ2n) is 5.17. The SMILES string of the molecule is COC(=O)C1(Oc2cc(-c3ccc(Cl)cc3)nc(SC)n2)CC1. The third-order valence-corrected chi connectivity index (χ3v) is 4.37. The summed E-state index contributed by atoms with van der Waals surface area (Å²) in [6.07, 6.45) is 3.15. The van der Waals surface area contributed by atoms with Crippen LogP contribution in [0.4, 0.5) is 0 Å². The number of nitrogens with zero attached hydrogens (tertiary/aromatic N) is 2. The standard InChI is InChI=1S/C16H15ClN2O3S/c1-21-14(20)16(7-8-16)22-13-9-12(18-15(19-13)23-2)10-3-5-11(17)6-4-10/h3-6,9H,7-8H2,1-2H3. The smallest absolute Gasteiger partial charge is 0.350 e. The van der Waals surface area contributed by atoms with Gasteiger partial charge in [-0.15, -0.1) is 0 Å². The van der Waals surface area contributed by atoms with Crippen LogP contribution in [0.5, 0.6) is 5.88 Å². The first-order chi connectivity index (χ1) is 11.1. The molecule has 1 aliphatic carbocycles. The van der Waals surface area contributed by atoms with Crippen LogP contribution in [0.1, 0.15) is 12.8 Å². The molecule has 0 unspecified atom stereocenters. The summed E-state index contributed by atoms with van der Waals surface area (Å²) in [7, 11) is 1.36. The molecule has 120 valence electrons. The normalized spacial score (nSPS) is 15.1. The molecule has 0 saturated heterocycles. The fourth-order valence-electron chi connectivity index (χ4n) is 2.16. The van der Waals surface area contributed by atoms with Crippen LogP contribution in [0.2, 0.25) is 5.02 Å². The average molecular weight is 351 g/mol. The topological polar surface area (TPSA) is 61.3 Å². The number of rotatable bonds is 5. The van der Waals surface area contributed by atoms with E-state index in [1.54, 1.807) is 18.2 Å². The monoisotopic (exact) mass is 350 g/mol. The Balaban J connectivity index is 1.93. The van der Waals surface area contributed by atoms with Crippen molar-refractivity contribution < 1.29 is 14.3 Å². The van der Waals surface area contributed by atoms with Gasteiger partial charge in [-0.2, -0.15) is 4.98 Å². The first kappa shape index (κ1) is 16.1. The zero-order chi connectivity index (χ0) is 16.4. The van der Waals surface area contributed by atoms with Gasteiger partial charge in [-0.3, -0.25) is 0 Å². The molecule has 1 aliphatic rings. The molecule has 0 radical (unpaired) electrons. The minimum atomic E-state index is -0.893. The van der Waals surface area contributed by atoms with Crippen LogP contribution < -0.4 is 4.74 Å². The summed E-state index contributed by atoms with van der Waals surface area (Å²) < 4.78 is 10.6. The fourth-order valence-corrected chi connectivity index (χ4v) is 2.66. The summed E-state index contributed by atoms with van der Waals surface area (Å²) in [5.41, 5.74) is 0.729. The van der Waals surface area contributed by atoms with Crippen molar-refractivity contribution in [3.8, 4) is 17.1 Å². The van der Waals surface area contributed by atoms with Crippen molar-refractivity contribution in [2.75, 3.05) is 13.4 Å². The summed E-state index contributed by atoms with van der Waals surface area (Å²) in [5.74, 6) is 0.00653. The molecular formula is C16H15ClN2O3S. The van der Waals surface area contributed by atoms with Crippen molar-refractivity contribution in [3.63, 3.8) is 0 Å². The number of hydrogen-bond donors (Lipinski definition) is 0. The van der Waals surface area contributed by atoms with E-state index in [1.807, 2.05) is 18.4 Å². The maximum absolute atomic E-state index is 11.8. The minimum Gasteiger partial charge on any atom is -0.466 e. The summed E-state index contributed by atoms with van der Waals surface area (Å²) in [6.45, 7) is 0. The van der Waals surface area contributed by atoms with Crippen LogP contribution in [0, 0.1) is 0 Å². The van der Waals surface area contributed by atoms with Crippen LogP contribution in [-0.4, -0.2) is 34.9 Å². The number of esters is 1. The fraction of sp³-hybridized carbons (Fsp3) is 0.312. The van der Waals surface area contributed by atoms with Crippen molar-refractivity contribution in [2.24, 2.45) is 0 Å². The molecule has 7 heteroatoms. The number of thioether (sulfide) groups is 1. The number of hydrogen-bond acceptors (Lipinski definition) is 6. The highest BCUT2D eigenvalue weighted by Gasteiger charge is 2.54. The Hall–Kier alpha value is -1.79. The minimum absolute atomic E-state index is 0.366.